The third-order valence-electron chi connectivity index (χ3n) is 4.19. The molecule has 0 radical (unpaired) electrons. The first-order chi connectivity index (χ1) is 12.1. The molecule has 1 heterocycles. The molecule has 2 aromatic carbocycles. The van der Waals surface area contributed by atoms with Crippen LogP contribution in [0.5, 0.6) is 11.5 Å². The SMILES string of the molecule is COc1cc(OCC(=O)N2CCc3ccccc3C2)ccc1[N+](=O)[O-]. The molecule has 0 saturated heterocycles. The van der Waals surface area contributed by atoms with Crippen LogP contribution in [-0.4, -0.2) is 36.0 Å². The second-order valence-corrected chi connectivity index (χ2v) is 5.71. The predicted molar refractivity (Wildman–Crippen MR) is 90.7 cm³/mol. The quantitative estimate of drug-likeness (QED) is 0.616. The number of rotatable bonds is 5. The van der Waals surface area contributed by atoms with E-state index in [1.54, 1.807) is 4.90 Å². The highest BCUT2D eigenvalue weighted by Crippen LogP contribution is 2.30. The van der Waals surface area contributed by atoms with Crippen molar-refractivity contribution in [1.29, 1.82) is 0 Å². The first kappa shape index (κ1) is 16.8. The molecule has 3 rings (SSSR count). The first-order valence-electron chi connectivity index (χ1n) is 7.88. The Morgan fingerprint density at radius 3 is 2.72 bits per heavy atom. The van der Waals surface area contributed by atoms with E-state index in [9.17, 15) is 14.9 Å². The number of carbonyl (C=O) groups is 1. The van der Waals surface area contributed by atoms with Crippen LogP contribution in [0.1, 0.15) is 11.1 Å². The van der Waals surface area contributed by atoms with Gasteiger partial charge in [0, 0.05) is 25.2 Å². The highest BCUT2D eigenvalue weighted by molar-refractivity contribution is 5.78. The van der Waals surface area contributed by atoms with E-state index in [4.69, 9.17) is 9.47 Å². The van der Waals surface area contributed by atoms with E-state index in [2.05, 4.69) is 6.07 Å². The number of nitro groups is 1. The van der Waals surface area contributed by atoms with Crippen molar-refractivity contribution in [3.63, 3.8) is 0 Å². The average Bonchev–Trinajstić information content (AvgIpc) is 2.65. The smallest absolute Gasteiger partial charge is 0.311 e. The van der Waals surface area contributed by atoms with Crippen molar-refractivity contribution in [2.24, 2.45) is 0 Å². The van der Waals surface area contributed by atoms with Crippen molar-refractivity contribution in [2.45, 2.75) is 13.0 Å². The van der Waals surface area contributed by atoms with Gasteiger partial charge in [0.25, 0.3) is 5.91 Å². The Morgan fingerprint density at radius 1 is 1.24 bits per heavy atom. The van der Waals surface area contributed by atoms with E-state index in [1.807, 2.05) is 18.2 Å². The number of ether oxygens (including phenoxy) is 2. The summed E-state index contributed by atoms with van der Waals surface area (Å²) in [5.41, 5.74) is 2.28. The molecule has 2 aromatic rings. The third kappa shape index (κ3) is 3.71. The van der Waals surface area contributed by atoms with Gasteiger partial charge in [0.1, 0.15) is 5.75 Å². The molecule has 130 valence electrons. The summed E-state index contributed by atoms with van der Waals surface area (Å²) < 4.78 is 10.5. The lowest BCUT2D eigenvalue weighted by Gasteiger charge is -2.28. The van der Waals surface area contributed by atoms with Gasteiger partial charge >= 0.3 is 5.69 Å². The molecule has 7 heteroatoms. The molecule has 25 heavy (non-hydrogen) atoms. The van der Waals surface area contributed by atoms with Gasteiger partial charge in [-0.25, -0.2) is 0 Å². The predicted octanol–water partition coefficient (Wildman–Crippen LogP) is 2.57. The maximum Gasteiger partial charge on any atom is 0.311 e. The Kier molecular flexibility index (Phi) is 4.83. The number of nitrogens with zero attached hydrogens (tertiary/aromatic N) is 2. The standard InChI is InChI=1S/C18H18N2O5/c1-24-17-10-15(6-7-16(17)20(22)23)25-12-18(21)19-9-8-13-4-2-3-5-14(13)11-19/h2-7,10H,8-9,11-12H2,1H3. The summed E-state index contributed by atoms with van der Waals surface area (Å²) in [6, 6.07) is 12.2. The van der Waals surface area contributed by atoms with Crippen LogP contribution < -0.4 is 9.47 Å². The molecule has 0 atom stereocenters. The van der Waals surface area contributed by atoms with Crippen LogP contribution in [0.15, 0.2) is 42.5 Å². The topological polar surface area (TPSA) is 81.9 Å². The molecule has 0 saturated carbocycles. The van der Waals surface area contributed by atoms with Gasteiger partial charge in [0.15, 0.2) is 6.61 Å². The fourth-order valence-corrected chi connectivity index (χ4v) is 2.84. The summed E-state index contributed by atoms with van der Waals surface area (Å²) in [6.07, 6.45) is 0.827. The molecule has 0 aliphatic carbocycles. The van der Waals surface area contributed by atoms with Crippen molar-refractivity contribution in [3.05, 3.63) is 63.7 Å². The summed E-state index contributed by atoms with van der Waals surface area (Å²) in [5, 5.41) is 10.9. The minimum Gasteiger partial charge on any atom is -0.490 e. The van der Waals surface area contributed by atoms with Crippen molar-refractivity contribution < 1.29 is 19.2 Å². The largest absolute Gasteiger partial charge is 0.490 e. The Balaban J connectivity index is 1.62. The fraction of sp³-hybridized carbons (Fsp3) is 0.278. The molecular weight excluding hydrogens is 324 g/mol. The number of hydrogen-bond acceptors (Lipinski definition) is 5. The summed E-state index contributed by atoms with van der Waals surface area (Å²) in [6.45, 7) is 1.11. The number of hydrogen-bond donors (Lipinski definition) is 0. The summed E-state index contributed by atoms with van der Waals surface area (Å²) in [7, 11) is 1.35. The van der Waals surface area contributed by atoms with Gasteiger partial charge in [0.2, 0.25) is 5.75 Å². The minimum absolute atomic E-state index is 0.0989. The molecule has 1 aliphatic heterocycles. The van der Waals surface area contributed by atoms with Gasteiger partial charge in [-0.15, -0.1) is 0 Å². The average molecular weight is 342 g/mol. The van der Waals surface area contributed by atoms with Crippen LogP contribution in [-0.2, 0) is 17.8 Å². The van der Waals surface area contributed by atoms with Crippen LogP contribution in [0.4, 0.5) is 5.69 Å². The maximum absolute atomic E-state index is 12.4. The molecule has 0 bridgehead atoms. The van der Waals surface area contributed by atoms with Gasteiger partial charge in [-0.05, 0) is 23.6 Å². The number of methoxy groups -OCH3 is 1. The molecule has 0 N–H and O–H groups in total. The highest BCUT2D eigenvalue weighted by atomic mass is 16.6. The lowest BCUT2D eigenvalue weighted by atomic mass is 10.00. The Bertz CT molecular complexity index is 806. The normalized spacial score (nSPS) is 13.1. The second kappa shape index (κ2) is 7.21. The number of benzene rings is 2. The molecule has 0 fully saturated rings. The van der Waals surface area contributed by atoms with E-state index >= 15 is 0 Å². The first-order valence-corrected chi connectivity index (χ1v) is 7.88. The van der Waals surface area contributed by atoms with E-state index < -0.39 is 4.92 Å². The van der Waals surface area contributed by atoms with Crippen molar-refractivity contribution in [1.82, 2.24) is 4.90 Å². The van der Waals surface area contributed by atoms with Gasteiger partial charge in [-0.2, -0.15) is 0 Å². The lowest BCUT2D eigenvalue weighted by molar-refractivity contribution is -0.385. The van der Waals surface area contributed by atoms with Gasteiger partial charge in [-0.3, -0.25) is 14.9 Å². The monoisotopic (exact) mass is 342 g/mol. The molecule has 1 amide bonds. The van der Waals surface area contributed by atoms with Crippen molar-refractivity contribution in [3.8, 4) is 11.5 Å². The molecule has 0 unspecified atom stereocenters. The minimum atomic E-state index is -0.529. The lowest BCUT2D eigenvalue weighted by Crippen LogP contribution is -2.38. The van der Waals surface area contributed by atoms with Crippen molar-refractivity contribution in [2.75, 3.05) is 20.3 Å². The van der Waals surface area contributed by atoms with Crippen LogP contribution in [0.25, 0.3) is 0 Å². The van der Waals surface area contributed by atoms with Gasteiger partial charge in [0.05, 0.1) is 12.0 Å². The summed E-state index contributed by atoms with van der Waals surface area (Å²) in [5.74, 6) is 0.335. The van der Waals surface area contributed by atoms with Crippen molar-refractivity contribution >= 4 is 11.6 Å². The summed E-state index contributed by atoms with van der Waals surface area (Å²) >= 11 is 0. The second-order valence-electron chi connectivity index (χ2n) is 5.71. The zero-order chi connectivity index (χ0) is 17.8. The van der Waals surface area contributed by atoms with Crippen LogP contribution >= 0.6 is 0 Å². The molecule has 0 spiro atoms. The van der Waals surface area contributed by atoms with E-state index in [0.29, 0.717) is 18.8 Å². The molecule has 1 aliphatic rings. The fourth-order valence-electron chi connectivity index (χ4n) is 2.84. The van der Waals surface area contributed by atoms with E-state index in [1.165, 1.54) is 30.9 Å². The van der Waals surface area contributed by atoms with E-state index in [-0.39, 0.29) is 24.0 Å². The Hall–Kier alpha value is -3.09. The van der Waals surface area contributed by atoms with Crippen LogP contribution in [0.3, 0.4) is 0 Å². The van der Waals surface area contributed by atoms with E-state index in [0.717, 1.165) is 12.0 Å². The zero-order valence-corrected chi connectivity index (χ0v) is 13.8. The Labute approximate surface area is 144 Å². The number of nitro benzene ring substituents is 1. The summed E-state index contributed by atoms with van der Waals surface area (Å²) in [4.78, 5) is 24.5. The van der Waals surface area contributed by atoms with Gasteiger partial charge < -0.3 is 14.4 Å². The van der Waals surface area contributed by atoms with Gasteiger partial charge in [-0.1, -0.05) is 24.3 Å². The zero-order valence-electron chi connectivity index (χ0n) is 13.8. The molecule has 7 nitrogen and oxygen atoms in total. The maximum atomic E-state index is 12.4. The number of amides is 1. The number of fused-ring (bicyclic) bond motifs is 1. The van der Waals surface area contributed by atoms with Crippen LogP contribution in [0, 0.1) is 10.1 Å². The van der Waals surface area contributed by atoms with Crippen LogP contribution in [0.2, 0.25) is 0 Å². The Morgan fingerprint density at radius 2 is 2.00 bits per heavy atom. The molecular formula is C18H18N2O5. The molecule has 0 aromatic heterocycles. The number of carbonyl (C=O) groups excluding carboxylic acids is 1. The highest BCUT2D eigenvalue weighted by Gasteiger charge is 2.21. The third-order valence-corrected chi connectivity index (χ3v) is 4.19.